The Kier molecular flexibility index (Phi) is 6.43. The van der Waals surface area contributed by atoms with E-state index in [0.717, 1.165) is 64.2 Å². The molecule has 4 unspecified atom stereocenters. The molecule has 1 aliphatic heterocycles. The molecule has 0 aromatic heterocycles. The number of sulfone groups is 1. The van der Waals surface area contributed by atoms with Gasteiger partial charge < -0.3 is 10.0 Å². The van der Waals surface area contributed by atoms with Gasteiger partial charge in [-0.15, -0.1) is 0 Å². The zero-order valence-corrected chi connectivity index (χ0v) is 20.9. The van der Waals surface area contributed by atoms with E-state index in [1.54, 1.807) is 0 Å². The van der Waals surface area contributed by atoms with Gasteiger partial charge in [-0.3, -0.25) is 9.59 Å². The predicted octanol–water partition coefficient (Wildman–Crippen LogP) is 3.51. The first-order chi connectivity index (χ1) is 15.7. The molecule has 1 amide bonds. The van der Waals surface area contributed by atoms with E-state index in [-0.39, 0.29) is 39.9 Å². The summed E-state index contributed by atoms with van der Waals surface area (Å²) in [7, 11) is -2.92. The number of ketones is 1. The van der Waals surface area contributed by atoms with Gasteiger partial charge in [0.05, 0.1) is 10.5 Å². The van der Waals surface area contributed by atoms with E-state index in [4.69, 9.17) is 0 Å². The normalized spacial score (nSPS) is 39.2. The maximum Gasteiger partial charge on any atom is 0.225 e. The molecule has 186 valence electrons. The first-order valence-corrected chi connectivity index (χ1v) is 15.1. The lowest BCUT2D eigenvalue weighted by Gasteiger charge is -2.41. The molecule has 0 radical (unpaired) electrons. The van der Waals surface area contributed by atoms with Crippen molar-refractivity contribution in [3.05, 3.63) is 0 Å². The van der Waals surface area contributed by atoms with Crippen LogP contribution in [-0.2, 0) is 19.4 Å². The molecule has 0 aromatic rings. The number of nitrogens with zero attached hydrogens (tertiary/aromatic N) is 1. The third-order valence-corrected chi connectivity index (χ3v) is 12.4. The van der Waals surface area contributed by atoms with Crippen LogP contribution >= 0.6 is 0 Å². The number of piperidine rings is 1. The summed E-state index contributed by atoms with van der Waals surface area (Å²) in [5.41, 5.74) is -1.07. The first kappa shape index (κ1) is 23.8. The van der Waals surface area contributed by atoms with Crippen molar-refractivity contribution < 1.29 is 23.1 Å². The zero-order valence-electron chi connectivity index (χ0n) is 20.1. The van der Waals surface area contributed by atoms with Gasteiger partial charge in [-0.2, -0.15) is 0 Å². The molecule has 1 N–H and O–H groups in total. The molecule has 0 aromatic carbocycles. The van der Waals surface area contributed by atoms with E-state index in [1.165, 1.54) is 0 Å². The molecule has 5 aliphatic rings. The molecular formula is C26H41NO5S. The Morgan fingerprint density at radius 3 is 2.18 bits per heavy atom. The van der Waals surface area contributed by atoms with E-state index >= 15 is 0 Å². The van der Waals surface area contributed by atoms with E-state index in [1.807, 2.05) is 11.8 Å². The van der Waals surface area contributed by atoms with Crippen molar-refractivity contribution in [2.45, 2.75) is 106 Å². The Balaban J connectivity index is 1.11. The summed E-state index contributed by atoms with van der Waals surface area (Å²) < 4.78 is 25.5. The minimum Gasteiger partial charge on any atom is -0.382 e. The predicted molar refractivity (Wildman–Crippen MR) is 126 cm³/mol. The standard InChI is InChI=1S/C26H41NO5S/c1-17-16-27(14-11-23(17)24(28)26(30)12-13-26)25(29)19-7-5-18(6-8-19)20-3-2-4-22(15-20)33(31,32)21-9-10-21/h17-23,30H,2-16H2,1H3. The van der Waals surface area contributed by atoms with Crippen LogP contribution in [0.3, 0.4) is 0 Å². The van der Waals surface area contributed by atoms with Crippen molar-refractivity contribution in [3.8, 4) is 0 Å². The van der Waals surface area contributed by atoms with E-state index < -0.39 is 15.4 Å². The number of carbonyl (C=O) groups is 2. The molecule has 0 bridgehead atoms. The molecular weight excluding hydrogens is 438 g/mol. The van der Waals surface area contributed by atoms with Crippen LogP contribution < -0.4 is 0 Å². The van der Waals surface area contributed by atoms with Crippen LogP contribution in [0.15, 0.2) is 0 Å². The third kappa shape index (κ3) is 4.78. The summed E-state index contributed by atoms with van der Waals surface area (Å²) in [5, 5.41) is 10.0. The topological polar surface area (TPSA) is 91.8 Å². The SMILES string of the molecule is CC1CN(C(=O)C2CCC(C3CCCC(S(=O)(=O)C4CC4)C3)CC2)CCC1C(=O)C1(O)CC1. The van der Waals surface area contributed by atoms with Gasteiger partial charge in [0.1, 0.15) is 5.60 Å². The summed E-state index contributed by atoms with van der Waals surface area (Å²) in [5.74, 6) is 1.36. The molecule has 6 nitrogen and oxygen atoms in total. The number of hydrogen-bond acceptors (Lipinski definition) is 5. The number of carbonyl (C=O) groups excluding carboxylic acids is 2. The van der Waals surface area contributed by atoms with Gasteiger partial charge in [-0.1, -0.05) is 19.8 Å². The van der Waals surface area contributed by atoms with Crippen molar-refractivity contribution in [1.29, 1.82) is 0 Å². The lowest BCUT2D eigenvalue weighted by atomic mass is 9.70. The van der Waals surface area contributed by atoms with Crippen molar-refractivity contribution in [1.82, 2.24) is 4.90 Å². The number of hydrogen-bond donors (Lipinski definition) is 1. The van der Waals surface area contributed by atoms with Crippen LogP contribution in [0.4, 0.5) is 0 Å². The quantitative estimate of drug-likeness (QED) is 0.629. The minimum absolute atomic E-state index is 0.00269. The van der Waals surface area contributed by atoms with E-state index in [2.05, 4.69) is 0 Å². The fourth-order valence-corrected chi connectivity index (χ4v) is 9.47. The van der Waals surface area contributed by atoms with Gasteiger partial charge in [-0.25, -0.2) is 8.42 Å². The van der Waals surface area contributed by atoms with Gasteiger partial charge in [0, 0.05) is 24.9 Å². The summed E-state index contributed by atoms with van der Waals surface area (Å²) in [4.78, 5) is 27.8. The van der Waals surface area contributed by atoms with Gasteiger partial charge in [0.15, 0.2) is 15.6 Å². The molecule has 5 fully saturated rings. The first-order valence-electron chi connectivity index (χ1n) is 13.5. The van der Waals surface area contributed by atoms with Crippen LogP contribution in [0.1, 0.15) is 90.4 Å². The summed E-state index contributed by atoms with van der Waals surface area (Å²) >= 11 is 0. The highest BCUT2D eigenvalue weighted by Gasteiger charge is 2.52. The molecule has 1 saturated heterocycles. The summed E-state index contributed by atoms with van der Waals surface area (Å²) in [6.45, 7) is 3.29. The average Bonchev–Trinajstić information content (AvgIpc) is 3.75. The van der Waals surface area contributed by atoms with Crippen LogP contribution in [-0.4, -0.2) is 59.3 Å². The third-order valence-electron chi connectivity index (χ3n) is 9.64. The second-order valence-corrected chi connectivity index (χ2v) is 14.5. The van der Waals surface area contributed by atoms with Gasteiger partial charge in [-0.05, 0) is 88.4 Å². The van der Waals surface area contributed by atoms with E-state index in [0.29, 0.717) is 44.2 Å². The lowest BCUT2D eigenvalue weighted by Crippen LogP contribution is -2.49. The average molecular weight is 480 g/mol. The number of Topliss-reactive ketones (excluding diaryl/α,β-unsaturated/α-hetero) is 1. The molecule has 4 saturated carbocycles. The summed E-state index contributed by atoms with van der Waals surface area (Å²) in [6.07, 6.45) is 11.3. The van der Waals surface area contributed by atoms with Crippen LogP contribution in [0, 0.1) is 29.6 Å². The van der Waals surface area contributed by atoms with Gasteiger partial charge in [0.2, 0.25) is 5.91 Å². The molecule has 4 atom stereocenters. The lowest BCUT2D eigenvalue weighted by molar-refractivity contribution is -0.144. The Labute approximate surface area is 198 Å². The van der Waals surface area contributed by atoms with Crippen LogP contribution in [0.2, 0.25) is 0 Å². The molecule has 5 rings (SSSR count). The summed E-state index contributed by atoms with van der Waals surface area (Å²) in [6, 6.07) is 0. The highest BCUT2D eigenvalue weighted by Crippen LogP contribution is 2.45. The Hall–Kier alpha value is -0.950. The van der Waals surface area contributed by atoms with E-state index in [9.17, 15) is 23.1 Å². The second-order valence-electron chi connectivity index (χ2n) is 12.0. The molecule has 4 aliphatic carbocycles. The number of rotatable bonds is 6. The van der Waals surface area contributed by atoms with Crippen molar-refractivity contribution in [2.24, 2.45) is 29.6 Å². The fraction of sp³-hybridized carbons (Fsp3) is 0.923. The van der Waals surface area contributed by atoms with Crippen molar-refractivity contribution in [2.75, 3.05) is 13.1 Å². The van der Waals surface area contributed by atoms with Crippen molar-refractivity contribution >= 4 is 21.5 Å². The van der Waals surface area contributed by atoms with Crippen LogP contribution in [0.5, 0.6) is 0 Å². The highest BCUT2D eigenvalue weighted by molar-refractivity contribution is 7.92. The number of likely N-dealkylation sites (tertiary alicyclic amines) is 1. The van der Waals surface area contributed by atoms with Crippen LogP contribution in [0.25, 0.3) is 0 Å². The van der Waals surface area contributed by atoms with Gasteiger partial charge >= 0.3 is 0 Å². The Morgan fingerprint density at radius 2 is 1.58 bits per heavy atom. The molecule has 7 heteroatoms. The number of aliphatic hydroxyl groups is 1. The number of amides is 1. The smallest absolute Gasteiger partial charge is 0.225 e. The van der Waals surface area contributed by atoms with Crippen molar-refractivity contribution in [3.63, 3.8) is 0 Å². The maximum absolute atomic E-state index is 13.2. The largest absolute Gasteiger partial charge is 0.382 e. The monoisotopic (exact) mass is 479 g/mol. The fourth-order valence-electron chi connectivity index (χ4n) is 7.12. The molecule has 33 heavy (non-hydrogen) atoms. The minimum atomic E-state index is -2.92. The maximum atomic E-state index is 13.2. The zero-order chi connectivity index (χ0) is 23.4. The second kappa shape index (κ2) is 8.92. The van der Waals surface area contributed by atoms with Gasteiger partial charge in [0.25, 0.3) is 0 Å². The Bertz CT molecular complexity index is 869. The molecule has 0 spiro atoms. The highest BCUT2D eigenvalue weighted by atomic mass is 32.2. The Morgan fingerprint density at radius 1 is 0.879 bits per heavy atom. The molecule has 1 heterocycles.